The number of fused-ring (bicyclic) bond motifs is 2. The smallest absolute Gasteiger partial charge is 0.310 e. The molecule has 140 valence electrons. The van der Waals surface area contributed by atoms with Crippen molar-refractivity contribution in [3.63, 3.8) is 0 Å². The Morgan fingerprint density at radius 2 is 2.00 bits per heavy atom. The molecule has 4 aliphatic rings. The molecule has 0 bridgehead atoms. The third-order valence-corrected chi connectivity index (χ3v) is 7.27. The minimum atomic E-state index is 0.0294. The second kappa shape index (κ2) is 6.38. The molecular formula is C21H33NO3. The predicted molar refractivity (Wildman–Crippen MR) is 97.1 cm³/mol. The zero-order chi connectivity index (χ0) is 17.8. The summed E-state index contributed by atoms with van der Waals surface area (Å²) in [6, 6.07) is 0. The fraction of sp³-hybridized carbons (Fsp3) is 0.857. The lowest BCUT2D eigenvalue weighted by molar-refractivity contribution is -0.147. The number of esters is 1. The number of allylic oxidation sites excluding steroid dienone is 1. The van der Waals surface area contributed by atoms with Crippen LogP contribution >= 0.6 is 0 Å². The Morgan fingerprint density at radius 1 is 1.28 bits per heavy atom. The average molecular weight is 347 g/mol. The van der Waals surface area contributed by atoms with Crippen LogP contribution < -0.4 is 0 Å². The van der Waals surface area contributed by atoms with Crippen molar-refractivity contribution in [2.45, 2.75) is 71.2 Å². The van der Waals surface area contributed by atoms with Gasteiger partial charge in [-0.15, -0.1) is 0 Å². The van der Waals surface area contributed by atoms with E-state index in [1.165, 1.54) is 18.4 Å². The third-order valence-electron chi connectivity index (χ3n) is 7.27. The van der Waals surface area contributed by atoms with Crippen LogP contribution in [0.25, 0.3) is 0 Å². The Bertz CT molecular complexity index is 551. The first-order valence-corrected chi connectivity index (χ1v) is 10.1. The Morgan fingerprint density at radius 3 is 2.72 bits per heavy atom. The molecule has 7 atom stereocenters. The molecule has 2 saturated heterocycles. The van der Waals surface area contributed by atoms with Crippen LogP contribution in [0.4, 0.5) is 0 Å². The molecule has 0 spiro atoms. The van der Waals surface area contributed by atoms with Crippen molar-refractivity contribution in [3.05, 3.63) is 12.2 Å². The lowest BCUT2D eigenvalue weighted by Gasteiger charge is -2.50. The van der Waals surface area contributed by atoms with Crippen LogP contribution in [0.3, 0.4) is 0 Å². The SMILES string of the molecule is C=C1CCC[C@]2(C)C[C@H]3OC(=O)[C@@H](CN4C[C@@H](C)O[C@@H](C)C4)[C@H]3C[C@@H]12. The van der Waals surface area contributed by atoms with Crippen LogP contribution in [0, 0.1) is 23.2 Å². The van der Waals surface area contributed by atoms with Gasteiger partial charge in [0.15, 0.2) is 0 Å². The van der Waals surface area contributed by atoms with E-state index in [0.717, 1.165) is 38.9 Å². The van der Waals surface area contributed by atoms with E-state index in [4.69, 9.17) is 9.47 Å². The number of rotatable bonds is 2. The predicted octanol–water partition coefficient (Wildman–Crippen LogP) is 3.41. The van der Waals surface area contributed by atoms with Crippen molar-refractivity contribution < 1.29 is 14.3 Å². The van der Waals surface area contributed by atoms with Crippen molar-refractivity contribution in [2.75, 3.05) is 19.6 Å². The van der Waals surface area contributed by atoms with Crippen molar-refractivity contribution in [2.24, 2.45) is 23.2 Å². The fourth-order valence-corrected chi connectivity index (χ4v) is 6.18. The third kappa shape index (κ3) is 3.16. The summed E-state index contributed by atoms with van der Waals surface area (Å²) in [4.78, 5) is 15.1. The van der Waals surface area contributed by atoms with Crippen LogP contribution in [-0.2, 0) is 14.3 Å². The van der Waals surface area contributed by atoms with Crippen LogP contribution in [0.15, 0.2) is 12.2 Å². The highest BCUT2D eigenvalue weighted by atomic mass is 16.6. The Kier molecular flexibility index (Phi) is 4.48. The van der Waals surface area contributed by atoms with Gasteiger partial charge in [0.1, 0.15) is 6.10 Å². The van der Waals surface area contributed by atoms with Gasteiger partial charge in [0.05, 0.1) is 18.1 Å². The van der Waals surface area contributed by atoms with Gasteiger partial charge in [-0.2, -0.15) is 0 Å². The van der Waals surface area contributed by atoms with Crippen LogP contribution in [0.5, 0.6) is 0 Å². The van der Waals surface area contributed by atoms with E-state index in [1.54, 1.807) is 0 Å². The molecule has 4 nitrogen and oxygen atoms in total. The van der Waals surface area contributed by atoms with E-state index in [2.05, 4.69) is 32.3 Å². The molecule has 4 rings (SSSR count). The maximum absolute atomic E-state index is 12.7. The van der Waals surface area contributed by atoms with Gasteiger partial charge in [-0.25, -0.2) is 0 Å². The van der Waals surface area contributed by atoms with E-state index in [-0.39, 0.29) is 35.6 Å². The van der Waals surface area contributed by atoms with Gasteiger partial charge in [-0.05, 0) is 57.3 Å². The highest BCUT2D eigenvalue weighted by Crippen LogP contribution is 2.56. The van der Waals surface area contributed by atoms with E-state index >= 15 is 0 Å². The number of ether oxygens (including phenoxy) is 2. The highest BCUT2D eigenvalue weighted by molar-refractivity contribution is 5.75. The summed E-state index contributed by atoms with van der Waals surface area (Å²) >= 11 is 0. The molecule has 4 heteroatoms. The minimum Gasteiger partial charge on any atom is -0.462 e. The summed E-state index contributed by atoms with van der Waals surface area (Å²) in [7, 11) is 0. The van der Waals surface area contributed by atoms with Crippen molar-refractivity contribution in [3.8, 4) is 0 Å². The van der Waals surface area contributed by atoms with Gasteiger partial charge < -0.3 is 9.47 Å². The molecule has 4 fully saturated rings. The number of carbonyl (C=O) groups is 1. The molecule has 2 aliphatic heterocycles. The Balaban J connectivity index is 1.49. The van der Waals surface area contributed by atoms with Crippen molar-refractivity contribution in [1.82, 2.24) is 4.90 Å². The van der Waals surface area contributed by atoms with E-state index in [9.17, 15) is 4.79 Å². The van der Waals surface area contributed by atoms with Crippen LogP contribution in [-0.4, -0.2) is 48.8 Å². The van der Waals surface area contributed by atoms with Gasteiger partial charge in [0, 0.05) is 25.6 Å². The summed E-state index contributed by atoms with van der Waals surface area (Å²) in [5.74, 6) is 1.01. The van der Waals surface area contributed by atoms with Crippen LogP contribution in [0.1, 0.15) is 52.9 Å². The number of carbonyl (C=O) groups excluding carboxylic acids is 1. The lowest BCUT2D eigenvalue weighted by atomic mass is 9.55. The molecule has 25 heavy (non-hydrogen) atoms. The maximum atomic E-state index is 12.7. The molecular weight excluding hydrogens is 314 g/mol. The monoisotopic (exact) mass is 347 g/mol. The molecule has 0 aromatic rings. The van der Waals surface area contributed by atoms with E-state index < -0.39 is 0 Å². The van der Waals surface area contributed by atoms with E-state index in [1.807, 2.05) is 0 Å². The Labute approximate surface area is 151 Å². The van der Waals surface area contributed by atoms with Gasteiger partial charge in [0.2, 0.25) is 0 Å². The summed E-state index contributed by atoms with van der Waals surface area (Å²) in [6.45, 7) is 13.7. The normalized spacial score (nSPS) is 48.0. The van der Waals surface area contributed by atoms with Crippen molar-refractivity contribution in [1.29, 1.82) is 0 Å². The molecule has 0 amide bonds. The second-order valence-electron chi connectivity index (χ2n) is 9.38. The fourth-order valence-electron chi connectivity index (χ4n) is 6.18. The first-order chi connectivity index (χ1) is 11.9. The summed E-state index contributed by atoms with van der Waals surface area (Å²) in [6.07, 6.45) is 6.38. The van der Waals surface area contributed by atoms with Gasteiger partial charge in [0.25, 0.3) is 0 Å². The standard InChI is InChI=1S/C21H33NO3/c1-13-6-5-7-21(4)9-19-16(8-18(13)21)17(20(23)25-19)12-22-10-14(2)24-15(3)11-22/h14-19H,1,5-12H2,2-4H3/t14-,15+,16-,17+,18+,19-,21-/m1/s1. The molecule has 0 unspecified atom stereocenters. The molecule has 2 aliphatic carbocycles. The van der Waals surface area contributed by atoms with Gasteiger partial charge >= 0.3 is 5.97 Å². The molecule has 0 aromatic carbocycles. The van der Waals surface area contributed by atoms with Crippen LogP contribution in [0.2, 0.25) is 0 Å². The maximum Gasteiger partial charge on any atom is 0.310 e. The lowest BCUT2D eigenvalue weighted by Crippen LogP contribution is -2.49. The quantitative estimate of drug-likeness (QED) is 0.567. The molecule has 0 aromatic heterocycles. The molecule has 2 heterocycles. The number of hydrogen-bond donors (Lipinski definition) is 0. The average Bonchev–Trinajstić information content (AvgIpc) is 2.79. The largest absolute Gasteiger partial charge is 0.462 e. The minimum absolute atomic E-state index is 0.0294. The topological polar surface area (TPSA) is 38.8 Å². The van der Waals surface area contributed by atoms with Gasteiger partial charge in [-0.1, -0.05) is 19.1 Å². The Hall–Kier alpha value is -0.870. The molecule has 0 radical (unpaired) electrons. The zero-order valence-corrected chi connectivity index (χ0v) is 16.0. The highest BCUT2D eigenvalue weighted by Gasteiger charge is 2.55. The van der Waals surface area contributed by atoms with Crippen molar-refractivity contribution >= 4 is 5.97 Å². The second-order valence-corrected chi connectivity index (χ2v) is 9.38. The first-order valence-electron chi connectivity index (χ1n) is 10.1. The summed E-state index contributed by atoms with van der Waals surface area (Å²) in [5, 5.41) is 0. The van der Waals surface area contributed by atoms with Gasteiger partial charge in [-0.3, -0.25) is 9.69 Å². The first kappa shape index (κ1) is 17.5. The summed E-state index contributed by atoms with van der Waals surface area (Å²) in [5.41, 5.74) is 1.70. The molecule has 2 saturated carbocycles. The number of hydrogen-bond acceptors (Lipinski definition) is 4. The summed E-state index contributed by atoms with van der Waals surface area (Å²) < 4.78 is 11.7. The zero-order valence-electron chi connectivity index (χ0n) is 16.0. The molecule has 0 N–H and O–H groups in total. The number of morpholine rings is 1. The number of nitrogens with zero attached hydrogens (tertiary/aromatic N) is 1. The van der Waals surface area contributed by atoms with E-state index in [0.29, 0.717) is 11.8 Å².